The maximum Gasteiger partial charge on any atom is 0.247 e. The van der Waals surface area contributed by atoms with Crippen LogP contribution < -0.4 is 0 Å². The van der Waals surface area contributed by atoms with Gasteiger partial charge in [0.15, 0.2) is 0 Å². The van der Waals surface area contributed by atoms with Crippen LogP contribution in [-0.4, -0.2) is 72.3 Å². The topological polar surface area (TPSA) is 43.9 Å². The van der Waals surface area contributed by atoms with Crippen LogP contribution >= 0.6 is 11.8 Å². The van der Waals surface area contributed by atoms with Crippen LogP contribution in [0.3, 0.4) is 0 Å². The number of halogens is 3. The molecule has 3 aliphatic heterocycles. The van der Waals surface area contributed by atoms with Crippen molar-refractivity contribution in [1.82, 2.24) is 14.7 Å². The Bertz CT molecular complexity index is 1190. The molecule has 0 N–H and O–H groups in total. The molecule has 5 nitrogen and oxygen atoms in total. The first-order valence-electron chi connectivity index (χ1n) is 12.7. The normalized spacial score (nSPS) is 19.7. The summed E-state index contributed by atoms with van der Waals surface area (Å²) in [7, 11) is 0. The van der Waals surface area contributed by atoms with E-state index in [9.17, 15) is 22.8 Å². The van der Waals surface area contributed by atoms with Crippen molar-refractivity contribution in [2.45, 2.75) is 29.8 Å². The highest BCUT2D eigenvalue weighted by molar-refractivity contribution is 7.99. The molecule has 2 saturated heterocycles. The lowest BCUT2D eigenvalue weighted by molar-refractivity contribution is -0.142. The summed E-state index contributed by atoms with van der Waals surface area (Å²) < 4.78 is 41.1. The van der Waals surface area contributed by atoms with Crippen molar-refractivity contribution in [1.29, 1.82) is 0 Å². The van der Waals surface area contributed by atoms with Gasteiger partial charge in [-0.15, -0.1) is 11.8 Å². The maximum absolute atomic E-state index is 14.6. The number of carbonyl (C=O) groups is 2. The van der Waals surface area contributed by atoms with E-state index in [1.165, 1.54) is 17.1 Å². The summed E-state index contributed by atoms with van der Waals surface area (Å²) in [5.41, 5.74) is 2.30. The SMILES string of the molecule is O=C(/C=C/c1cc(F)cc(F)c1)N1CCN(CCCN2CCC3(CC2)SCc2cccc(F)c23)C(=O)C1. The van der Waals surface area contributed by atoms with Crippen LogP contribution in [0.4, 0.5) is 13.2 Å². The standard InChI is InChI=1S/C28H30F3N3O2S/c29-22-15-20(16-23(30)17-22)5-6-25(35)34-14-13-33(26(36)18-34)10-2-9-32-11-7-28(8-12-32)27-21(19-37-28)3-1-4-24(27)31/h1,3-6,15-17H,2,7-14,18-19H2/b6-5+. The van der Waals surface area contributed by atoms with E-state index in [1.807, 2.05) is 17.8 Å². The van der Waals surface area contributed by atoms with Crippen LogP contribution in [0.25, 0.3) is 6.08 Å². The number of piperidine rings is 1. The molecule has 3 heterocycles. The molecule has 0 atom stereocenters. The van der Waals surface area contributed by atoms with Crippen molar-refractivity contribution >= 4 is 29.7 Å². The summed E-state index contributed by atoms with van der Waals surface area (Å²) in [6.07, 6.45) is 5.30. The molecule has 196 valence electrons. The summed E-state index contributed by atoms with van der Waals surface area (Å²) in [6.45, 7) is 4.22. The lowest BCUT2D eigenvalue weighted by Gasteiger charge is -2.40. The van der Waals surface area contributed by atoms with Gasteiger partial charge in [-0.05, 0) is 74.3 Å². The number of amides is 2. The second kappa shape index (κ2) is 10.9. The highest BCUT2D eigenvalue weighted by Crippen LogP contribution is 2.54. The fourth-order valence-electron chi connectivity index (χ4n) is 5.58. The highest BCUT2D eigenvalue weighted by atomic mass is 32.2. The molecule has 0 aromatic heterocycles. The van der Waals surface area contributed by atoms with Crippen molar-refractivity contribution in [2.24, 2.45) is 0 Å². The van der Waals surface area contributed by atoms with E-state index in [2.05, 4.69) is 4.90 Å². The molecule has 5 rings (SSSR count). The minimum atomic E-state index is -0.711. The van der Waals surface area contributed by atoms with E-state index in [0.29, 0.717) is 19.6 Å². The van der Waals surface area contributed by atoms with E-state index < -0.39 is 11.6 Å². The van der Waals surface area contributed by atoms with Gasteiger partial charge in [0, 0.05) is 47.8 Å². The predicted octanol–water partition coefficient (Wildman–Crippen LogP) is 4.42. The van der Waals surface area contributed by atoms with Crippen LogP contribution in [0.15, 0.2) is 42.5 Å². The number of likely N-dealkylation sites (tertiary alicyclic amines) is 1. The van der Waals surface area contributed by atoms with Crippen LogP contribution in [0, 0.1) is 17.5 Å². The van der Waals surface area contributed by atoms with Crippen LogP contribution in [0.1, 0.15) is 36.0 Å². The Balaban J connectivity index is 1.05. The number of carbonyl (C=O) groups excluding carboxylic acids is 2. The summed E-state index contributed by atoms with van der Waals surface area (Å²) in [5, 5.41) is 0. The third-order valence-electron chi connectivity index (χ3n) is 7.56. The number of piperazine rings is 1. The molecular weight excluding hydrogens is 499 g/mol. The maximum atomic E-state index is 14.6. The minimum Gasteiger partial charge on any atom is -0.339 e. The summed E-state index contributed by atoms with van der Waals surface area (Å²) in [4.78, 5) is 30.7. The van der Waals surface area contributed by atoms with Gasteiger partial charge in [-0.2, -0.15) is 0 Å². The zero-order chi connectivity index (χ0) is 26.0. The molecule has 0 aliphatic carbocycles. The van der Waals surface area contributed by atoms with Gasteiger partial charge < -0.3 is 14.7 Å². The molecule has 0 radical (unpaired) electrons. The van der Waals surface area contributed by atoms with Gasteiger partial charge in [0.1, 0.15) is 24.0 Å². The smallest absolute Gasteiger partial charge is 0.247 e. The summed E-state index contributed by atoms with van der Waals surface area (Å²) in [5.74, 6) is -1.08. The van der Waals surface area contributed by atoms with Crippen molar-refractivity contribution < 1.29 is 22.8 Å². The Labute approximate surface area is 219 Å². The second-order valence-corrected chi connectivity index (χ2v) is 11.3. The van der Waals surface area contributed by atoms with Gasteiger partial charge in [-0.1, -0.05) is 12.1 Å². The minimum absolute atomic E-state index is 0.00485. The highest BCUT2D eigenvalue weighted by Gasteiger charge is 2.43. The van der Waals surface area contributed by atoms with Crippen LogP contribution in [0.5, 0.6) is 0 Å². The van der Waals surface area contributed by atoms with Gasteiger partial charge >= 0.3 is 0 Å². The summed E-state index contributed by atoms with van der Waals surface area (Å²) in [6, 6.07) is 8.47. The molecule has 1 spiro atoms. The van der Waals surface area contributed by atoms with Gasteiger partial charge in [0.25, 0.3) is 0 Å². The molecule has 2 amide bonds. The first kappa shape index (κ1) is 25.9. The van der Waals surface area contributed by atoms with E-state index in [4.69, 9.17) is 0 Å². The zero-order valence-electron chi connectivity index (χ0n) is 20.6. The molecule has 0 saturated carbocycles. The molecule has 9 heteroatoms. The molecule has 0 bridgehead atoms. The Hall–Kier alpha value is -2.78. The van der Waals surface area contributed by atoms with Gasteiger partial charge in [0.05, 0.1) is 0 Å². The largest absolute Gasteiger partial charge is 0.339 e. The van der Waals surface area contributed by atoms with Gasteiger partial charge in [-0.3, -0.25) is 9.59 Å². The molecule has 2 aromatic carbocycles. The average molecular weight is 530 g/mol. The number of hydrogen-bond acceptors (Lipinski definition) is 4. The van der Waals surface area contributed by atoms with E-state index in [-0.39, 0.29) is 34.5 Å². The molecule has 37 heavy (non-hydrogen) atoms. The third-order valence-corrected chi connectivity index (χ3v) is 9.18. The van der Waals surface area contributed by atoms with Crippen molar-refractivity contribution in [2.75, 3.05) is 45.8 Å². The van der Waals surface area contributed by atoms with Crippen molar-refractivity contribution in [3.05, 3.63) is 76.6 Å². The number of nitrogens with zero attached hydrogens (tertiary/aromatic N) is 3. The quantitative estimate of drug-likeness (QED) is 0.520. The summed E-state index contributed by atoms with van der Waals surface area (Å²) >= 11 is 1.87. The van der Waals surface area contributed by atoms with E-state index in [1.54, 1.807) is 17.0 Å². The first-order chi connectivity index (χ1) is 17.8. The third kappa shape index (κ3) is 5.72. The number of fused-ring (bicyclic) bond motifs is 2. The Morgan fingerprint density at radius 1 is 1.00 bits per heavy atom. The lowest BCUT2D eigenvalue weighted by atomic mass is 9.85. The monoisotopic (exact) mass is 529 g/mol. The Morgan fingerprint density at radius 2 is 1.76 bits per heavy atom. The van der Waals surface area contributed by atoms with Gasteiger partial charge in [0.2, 0.25) is 11.8 Å². The predicted molar refractivity (Wildman–Crippen MR) is 138 cm³/mol. The molecule has 0 unspecified atom stereocenters. The van der Waals surface area contributed by atoms with E-state index in [0.717, 1.165) is 74.0 Å². The van der Waals surface area contributed by atoms with Gasteiger partial charge in [-0.25, -0.2) is 13.2 Å². The fraction of sp³-hybridized carbons (Fsp3) is 0.429. The molecule has 3 aliphatic rings. The average Bonchev–Trinajstić information content (AvgIpc) is 3.23. The first-order valence-corrected chi connectivity index (χ1v) is 13.7. The second-order valence-electron chi connectivity index (χ2n) is 9.93. The Morgan fingerprint density at radius 3 is 2.49 bits per heavy atom. The number of rotatable bonds is 6. The number of hydrogen-bond donors (Lipinski definition) is 0. The van der Waals surface area contributed by atoms with Crippen molar-refractivity contribution in [3.8, 4) is 0 Å². The van der Waals surface area contributed by atoms with E-state index >= 15 is 0 Å². The molecular formula is C28H30F3N3O2S. The van der Waals surface area contributed by atoms with Crippen LogP contribution in [0.2, 0.25) is 0 Å². The van der Waals surface area contributed by atoms with Crippen molar-refractivity contribution in [3.63, 3.8) is 0 Å². The number of thioether (sulfide) groups is 1. The molecule has 2 fully saturated rings. The molecule has 2 aromatic rings. The Kier molecular flexibility index (Phi) is 7.62. The lowest BCUT2D eigenvalue weighted by Crippen LogP contribution is -2.52. The zero-order valence-corrected chi connectivity index (χ0v) is 21.4. The number of benzene rings is 2. The fourth-order valence-corrected chi connectivity index (χ4v) is 7.10. The van der Waals surface area contributed by atoms with Crippen LogP contribution in [-0.2, 0) is 20.1 Å².